The number of rotatable bonds is 6. The predicted molar refractivity (Wildman–Crippen MR) is 140 cm³/mol. The number of hydrogen-bond acceptors (Lipinski definition) is 3. The fourth-order valence-electron chi connectivity index (χ4n) is 4.15. The van der Waals surface area contributed by atoms with Crippen LogP contribution in [0.5, 0.6) is 0 Å². The highest BCUT2D eigenvalue weighted by molar-refractivity contribution is 9.10. The molecule has 9 heteroatoms. The molecule has 0 bridgehead atoms. The van der Waals surface area contributed by atoms with Crippen molar-refractivity contribution in [3.63, 3.8) is 0 Å². The second kappa shape index (κ2) is 10.5. The van der Waals surface area contributed by atoms with Gasteiger partial charge in [-0.25, -0.2) is 13.1 Å². The van der Waals surface area contributed by atoms with E-state index in [1.165, 1.54) is 0 Å². The molecule has 0 aromatic heterocycles. The molecule has 174 valence electrons. The molecule has 2 atom stereocenters. The average molecular weight is 589 g/mol. The van der Waals surface area contributed by atoms with Crippen LogP contribution in [0.4, 0.5) is 5.69 Å². The highest BCUT2D eigenvalue weighted by Gasteiger charge is 2.31. The number of piperidine rings is 1. The first-order chi connectivity index (χ1) is 15.7. The molecule has 1 saturated heterocycles. The van der Waals surface area contributed by atoms with E-state index in [4.69, 9.17) is 34.8 Å². The molecular formula is C24H22BrCl3N2O2S. The van der Waals surface area contributed by atoms with Crippen LogP contribution in [0.2, 0.25) is 15.1 Å². The van der Waals surface area contributed by atoms with Crippen LogP contribution >= 0.6 is 50.7 Å². The Hall–Kier alpha value is -1.28. The highest BCUT2D eigenvalue weighted by Crippen LogP contribution is 2.40. The van der Waals surface area contributed by atoms with Crippen molar-refractivity contribution >= 4 is 66.4 Å². The van der Waals surface area contributed by atoms with Gasteiger partial charge in [0.2, 0.25) is 10.0 Å². The van der Waals surface area contributed by atoms with Crippen molar-refractivity contribution in [1.29, 1.82) is 0 Å². The summed E-state index contributed by atoms with van der Waals surface area (Å²) in [7, 11) is -3.58. The van der Waals surface area contributed by atoms with Crippen molar-refractivity contribution in [2.75, 3.05) is 18.0 Å². The van der Waals surface area contributed by atoms with Crippen molar-refractivity contribution < 1.29 is 8.42 Å². The molecule has 0 aliphatic carbocycles. The molecule has 3 aromatic carbocycles. The van der Waals surface area contributed by atoms with Gasteiger partial charge < -0.3 is 4.90 Å². The number of halogens is 4. The summed E-state index contributed by atoms with van der Waals surface area (Å²) in [5.41, 5.74) is 2.01. The van der Waals surface area contributed by atoms with Crippen LogP contribution in [0.1, 0.15) is 24.4 Å². The van der Waals surface area contributed by atoms with Gasteiger partial charge in [-0.15, -0.1) is 0 Å². The van der Waals surface area contributed by atoms with E-state index < -0.39 is 10.0 Å². The summed E-state index contributed by atoms with van der Waals surface area (Å²) in [6.07, 6.45) is 1.69. The Morgan fingerprint density at radius 2 is 1.58 bits per heavy atom. The van der Waals surface area contributed by atoms with Crippen LogP contribution in [-0.2, 0) is 10.0 Å². The van der Waals surface area contributed by atoms with Gasteiger partial charge in [-0.3, -0.25) is 0 Å². The van der Waals surface area contributed by atoms with Crippen LogP contribution in [0.3, 0.4) is 0 Å². The molecule has 4 nitrogen and oxygen atoms in total. The zero-order valence-corrected chi connectivity index (χ0v) is 22.2. The van der Waals surface area contributed by atoms with Crippen LogP contribution in [0.15, 0.2) is 76.1 Å². The predicted octanol–water partition coefficient (Wildman–Crippen LogP) is 7.35. The van der Waals surface area contributed by atoms with Crippen LogP contribution < -0.4 is 9.62 Å². The topological polar surface area (TPSA) is 49.4 Å². The third-order valence-corrected chi connectivity index (χ3v) is 8.63. The lowest BCUT2D eigenvalue weighted by atomic mass is 9.88. The Balaban J connectivity index is 1.54. The summed E-state index contributed by atoms with van der Waals surface area (Å²) in [6, 6.07) is 19.9. The van der Waals surface area contributed by atoms with Crippen molar-refractivity contribution in [3.05, 3.63) is 91.8 Å². The Bertz CT molecular complexity index is 1220. The molecule has 1 fully saturated rings. The standard InChI is InChI=1S/C24H22BrCl3N2O2S/c25-17-2-9-21(10-3-17)33(31,32)29-14-16-1-12-24(22-11-6-19(27)13-23(22)28)30(15-16)20-7-4-18(26)5-8-20/h2-11,13,16,24,29H,1,12,14-15H2. The van der Waals surface area contributed by atoms with Gasteiger partial charge in [-0.05, 0) is 85.0 Å². The molecule has 1 N–H and O–H groups in total. The van der Waals surface area contributed by atoms with Gasteiger partial charge in [-0.1, -0.05) is 56.8 Å². The lowest BCUT2D eigenvalue weighted by Crippen LogP contribution is -2.42. The number of sulfonamides is 1. The Kier molecular flexibility index (Phi) is 7.94. The summed E-state index contributed by atoms with van der Waals surface area (Å²) in [5, 5.41) is 1.88. The Morgan fingerprint density at radius 3 is 2.24 bits per heavy atom. The van der Waals surface area contributed by atoms with Crippen molar-refractivity contribution in [3.8, 4) is 0 Å². The quantitative estimate of drug-likeness (QED) is 0.328. The van der Waals surface area contributed by atoms with E-state index in [0.29, 0.717) is 28.2 Å². The number of nitrogens with zero attached hydrogens (tertiary/aromatic N) is 1. The normalized spacial score (nSPS) is 19.0. The maximum Gasteiger partial charge on any atom is 0.240 e. The number of hydrogen-bond donors (Lipinski definition) is 1. The molecule has 0 amide bonds. The third kappa shape index (κ3) is 6.05. The first-order valence-corrected chi connectivity index (χ1v) is 13.9. The average Bonchev–Trinajstić information content (AvgIpc) is 2.79. The van der Waals surface area contributed by atoms with Crippen molar-refractivity contribution in [1.82, 2.24) is 4.72 Å². The summed E-state index contributed by atoms with van der Waals surface area (Å²) >= 11 is 22.1. The molecule has 1 aliphatic rings. The molecular weight excluding hydrogens is 567 g/mol. The molecule has 0 radical (unpaired) electrons. The second-order valence-electron chi connectivity index (χ2n) is 8.06. The molecule has 2 unspecified atom stereocenters. The highest BCUT2D eigenvalue weighted by atomic mass is 79.9. The first-order valence-electron chi connectivity index (χ1n) is 10.5. The number of benzene rings is 3. The number of anilines is 1. The number of nitrogens with one attached hydrogen (secondary N) is 1. The van der Waals surface area contributed by atoms with Gasteiger partial charge in [0.25, 0.3) is 0 Å². The summed E-state index contributed by atoms with van der Waals surface area (Å²) < 4.78 is 29.1. The lowest BCUT2D eigenvalue weighted by Gasteiger charge is -2.42. The van der Waals surface area contributed by atoms with Gasteiger partial charge in [0, 0.05) is 38.3 Å². The minimum Gasteiger partial charge on any atom is -0.364 e. The van der Waals surface area contributed by atoms with Crippen LogP contribution in [0, 0.1) is 5.92 Å². The summed E-state index contributed by atoms with van der Waals surface area (Å²) in [5.74, 6) is 0.133. The van der Waals surface area contributed by atoms with Gasteiger partial charge in [0.1, 0.15) is 0 Å². The van der Waals surface area contributed by atoms with Gasteiger partial charge in [0.15, 0.2) is 0 Å². The van der Waals surface area contributed by atoms with E-state index in [9.17, 15) is 8.42 Å². The minimum atomic E-state index is -3.58. The smallest absolute Gasteiger partial charge is 0.240 e. The van der Waals surface area contributed by atoms with E-state index in [2.05, 4.69) is 25.6 Å². The SMILES string of the molecule is O=S(=O)(NCC1CCC(c2ccc(Cl)cc2Cl)N(c2ccc(Cl)cc2)C1)c1ccc(Br)cc1. The zero-order chi connectivity index (χ0) is 23.6. The van der Waals surface area contributed by atoms with Crippen LogP contribution in [-0.4, -0.2) is 21.5 Å². The maximum atomic E-state index is 12.8. The van der Waals surface area contributed by atoms with Crippen molar-refractivity contribution in [2.24, 2.45) is 5.92 Å². The monoisotopic (exact) mass is 586 g/mol. The van der Waals surface area contributed by atoms with Crippen LogP contribution in [0.25, 0.3) is 0 Å². The van der Waals surface area contributed by atoms with Gasteiger partial charge >= 0.3 is 0 Å². The summed E-state index contributed by atoms with van der Waals surface area (Å²) in [4.78, 5) is 2.52. The molecule has 3 aromatic rings. The molecule has 4 rings (SSSR count). The molecule has 0 saturated carbocycles. The minimum absolute atomic E-state index is 0.0512. The second-order valence-corrected chi connectivity index (χ2v) is 12.0. The summed E-state index contributed by atoms with van der Waals surface area (Å²) in [6.45, 7) is 1.03. The molecule has 1 heterocycles. The Morgan fingerprint density at radius 1 is 0.909 bits per heavy atom. The lowest BCUT2D eigenvalue weighted by molar-refractivity contribution is 0.358. The van der Waals surface area contributed by atoms with Gasteiger partial charge in [0.05, 0.1) is 10.9 Å². The maximum absolute atomic E-state index is 12.8. The largest absolute Gasteiger partial charge is 0.364 e. The fraction of sp³-hybridized carbons (Fsp3) is 0.250. The van der Waals surface area contributed by atoms with E-state index in [-0.39, 0.29) is 16.9 Å². The zero-order valence-electron chi connectivity index (χ0n) is 17.5. The molecule has 1 aliphatic heterocycles. The third-order valence-electron chi connectivity index (χ3n) is 5.85. The van der Waals surface area contributed by atoms with Gasteiger partial charge in [-0.2, -0.15) is 0 Å². The van der Waals surface area contributed by atoms with E-state index in [0.717, 1.165) is 28.6 Å². The molecule has 0 spiro atoms. The first kappa shape index (κ1) is 24.8. The van der Waals surface area contributed by atoms with E-state index in [1.54, 1.807) is 30.3 Å². The van der Waals surface area contributed by atoms with Crippen molar-refractivity contribution in [2.45, 2.75) is 23.8 Å². The fourth-order valence-corrected chi connectivity index (χ4v) is 6.19. The van der Waals surface area contributed by atoms with E-state index >= 15 is 0 Å². The van der Waals surface area contributed by atoms with E-state index in [1.807, 2.05) is 36.4 Å². The Labute approximate surface area is 218 Å². The molecule has 33 heavy (non-hydrogen) atoms.